The van der Waals surface area contributed by atoms with E-state index in [-0.39, 0.29) is 12.5 Å². The average molecular weight is 406 g/mol. The van der Waals surface area contributed by atoms with E-state index in [9.17, 15) is 4.79 Å². The number of benzene rings is 2. The number of anilines is 1. The average Bonchev–Trinajstić information content (AvgIpc) is 2.52. The lowest BCUT2D eigenvalue weighted by atomic mass is 10.1. The van der Waals surface area contributed by atoms with Crippen LogP contribution in [0.5, 0.6) is 11.5 Å². The van der Waals surface area contributed by atoms with Crippen LogP contribution in [-0.2, 0) is 4.79 Å². The van der Waals surface area contributed by atoms with Gasteiger partial charge < -0.3 is 14.8 Å². The quantitative estimate of drug-likeness (QED) is 0.695. The van der Waals surface area contributed by atoms with E-state index in [0.717, 1.165) is 27.1 Å². The number of aryl methyl sites for hydroxylation is 2. The van der Waals surface area contributed by atoms with E-state index in [0.29, 0.717) is 18.2 Å². The highest BCUT2D eigenvalue weighted by molar-refractivity contribution is 9.10. The smallest absolute Gasteiger partial charge is 0.262 e. The van der Waals surface area contributed by atoms with Gasteiger partial charge in [-0.3, -0.25) is 4.79 Å². The zero-order chi connectivity index (χ0) is 18.4. The van der Waals surface area contributed by atoms with Crippen LogP contribution in [0.25, 0.3) is 0 Å². The summed E-state index contributed by atoms with van der Waals surface area (Å²) in [7, 11) is 0. The zero-order valence-electron chi connectivity index (χ0n) is 15.1. The highest BCUT2D eigenvalue weighted by atomic mass is 79.9. The first-order valence-corrected chi connectivity index (χ1v) is 9.06. The molecule has 0 aliphatic rings. The Kier molecular flexibility index (Phi) is 6.88. The van der Waals surface area contributed by atoms with Crippen LogP contribution in [0.2, 0.25) is 0 Å². The van der Waals surface area contributed by atoms with Crippen LogP contribution in [0.3, 0.4) is 0 Å². The molecule has 0 aliphatic carbocycles. The summed E-state index contributed by atoms with van der Waals surface area (Å²) < 4.78 is 12.4. The molecule has 2 rings (SSSR count). The van der Waals surface area contributed by atoms with Crippen LogP contribution in [0, 0.1) is 19.8 Å². The maximum Gasteiger partial charge on any atom is 0.262 e. The molecule has 0 heterocycles. The SMILES string of the molecule is Cc1cc(Br)cc(C)c1OCC(=O)Nc1cccc(OCC(C)C)c1. The lowest BCUT2D eigenvalue weighted by Crippen LogP contribution is -2.20. The van der Waals surface area contributed by atoms with Crippen molar-refractivity contribution in [2.75, 3.05) is 18.5 Å². The number of rotatable bonds is 7. The Morgan fingerprint density at radius 2 is 1.80 bits per heavy atom. The number of nitrogens with one attached hydrogen (secondary N) is 1. The Morgan fingerprint density at radius 3 is 2.44 bits per heavy atom. The Hall–Kier alpha value is -2.01. The fraction of sp³-hybridized carbons (Fsp3) is 0.350. The van der Waals surface area contributed by atoms with Crippen molar-refractivity contribution in [3.05, 3.63) is 52.0 Å². The molecule has 0 atom stereocenters. The number of hydrogen-bond donors (Lipinski definition) is 1. The first kappa shape index (κ1) is 19.3. The predicted octanol–water partition coefficient (Wildman–Crippen LogP) is 5.12. The normalized spacial score (nSPS) is 10.6. The minimum atomic E-state index is -0.206. The van der Waals surface area contributed by atoms with E-state index < -0.39 is 0 Å². The van der Waals surface area contributed by atoms with Crippen LogP contribution < -0.4 is 14.8 Å². The van der Waals surface area contributed by atoms with Crippen molar-refractivity contribution in [2.45, 2.75) is 27.7 Å². The van der Waals surface area contributed by atoms with Gasteiger partial charge in [0.2, 0.25) is 0 Å². The van der Waals surface area contributed by atoms with E-state index in [1.54, 1.807) is 0 Å². The van der Waals surface area contributed by atoms with Gasteiger partial charge in [-0.25, -0.2) is 0 Å². The summed E-state index contributed by atoms with van der Waals surface area (Å²) in [6.45, 7) is 8.70. The van der Waals surface area contributed by atoms with Crippen molar-refractivity contribution in [1.29, 1.82) is 0 Å². The summed E-state index contributed by atoms with van der Waals surface area (Å²) in [5.74, 6) is 1.73. The Balaban J connectivity index is 1.93. The molecule has 134 valence electrons. The van der Waals surface area contributed by atoms with Crippen molar-refractivity contribution in [3.8, 4) is 11.5 Å². The van der Waals surface area contributed by atoms with Crippen LogP contribution >= 0.6 is 15.9 Å². The van der Waals surface area contributed by atoms with Gasteiger partial charge in [0.15, 0.2) is 6.61 Å². The van der Waals surface area contributed by atoms with Crippen LogP contribution in [0.15, 0.2) is 40.9 Å². The van der Waals surface area contributed by atoms with Crippen molar-refractivity contribution in [1.82, 2.24) is 0 Å². The van der Waals surface area contributed by atoms with Gasteiger partial charge in [-0.1, -0.05) is 35.8 Å². The second-order valence-corrected chi connectivity index (χ2v) is 7.35. The van der Waals surface area contributed by atoms with E-state index in [1.807, 2.05) is 50.2 Å². The maximum atomic E-state index is 12.2. The number of halogens is 1. The van der Waals surface area contributed by atoms with Crippen molar-refractivity contribution in [2.24, 2.45) is 5.92 Å². The first-order chi connectivity index (χ1) is 11.8. The van der Waals surface area contributed by atoms with Gasteiger partial charge in [-0.05, 0) is 55.2 Å². The monoisotopic (exact) mass is 405 g/mol. The molecular formula is C20H24BrNO3. The highest BCUT2D eigenvalue weighted by Crippen LogP contribution is 2.27. The summed E-state index contributed by atoms with van der Waals surface area (Å²) in [4.78, 5) is 12.2. The third-order valence-corrected chi connectivity index (χ3v) is 3.93. The van der Waals surface area contributed by atoms with E-state index >= 15 is 0 Å². The molecular weight excluding hydrogens is 382 g/mol. The van der Waals surface area contributed by atoms with Crippen molar-refractivity contribution < 1.29 is 14.3 Å². The molecule has 2 aromatic rings. The van der Waals surface area contributed by atoms with Gasteiger partial charge in [-0.15, -0.1) is 0 Å². The number of amides is 1. The van der Waals surface area contributed by atoms with Crippen molar-refractivity contribution >= 4 is 27.5 Å². The lowest BCUT2D eigenvalue weighted by molar-refractivity contribution is -0.118. The topological polar surface area (TPSA) is 47.6 Å². The standard InChI is InChI=1S/C20H24BrNO3/c1-13(2)11-24-18-7-5-6-17(10-18)22-19(23)12-25-20-14(3)8-16(21)9-15(20)4/h5-10,13H,11-12H2,1-4H3,(H,22,23). The second-order valence-electron chi connectivity index (χ2n) is 6.44. The Labute approximate surface area is 157 Å². The Morgan fingerprint density at radius 1 is 1.12 bits per heavy atom. The summed E-state index contributed by atoms with van der Waals surface area (Å²) in [6.07, 6.45) is 0. The predicted molar refractivity (Wildman–Crippen MR) is 105 cm³/mol. The number of ether oxygens (including phenoxy) is 2. The second kappa shape index (κ2) is 8.90. The maximum absolute atomic E-state index is 12.2. The molecule has 0 radical (unpaired) electrons. The fourth-order valence-electron chi connectivity index (χ4n) is 2.39. The number of carbonyl (C=O) groups excluding carboxylic acids is 1. The van der Waals surface area contributed by atoms with Gasteiger partial charge in [0.05, 0.1) is 6.61 Å². The molecule has 0 fully saturated rings. The molecule has 0 saturated heterocycles. The van der Waals surface area contributed by atoms with Gasteiger partial charge >= 0.3 is 0 Å². The van der Waals surface area contributed by atoms with Crippen molar-refractivity contribution in [3.63, 3.8) is 0 Å². The van der Waals surface area contributed by atoms with Crippen LogP contribution in [0.1, 0.15) is 25.0 Å². The minimum absolute atomic E-state index is 0.0413. The molecule has 25 heavy (non-hydrogen) atoms. The molecule has 0 unspecified atom stereocenters. The van der Waals surface area contributed by atoms with Gasteiger partial charge in [0.1, 0.15) is 11.5 Å². The van der Waals surface area contributed by atoms with E-state index in [2.05, 4.69) is 35.1 Å². The first-order valence-electron chi connectivity index (χ1n) is 8.27. The molecule has 4 nitrogen and oxygen atoms in total. The molecule has 2 aromatic carbocycles. The molecule has 1 amide bonds. The molecule has 0 aromatic heterocycles. The molecule has 0 spiro atoms. The largest absolute Gasteiger partial charge is 0.493 e. The fourth-order valence-corrected chi connectivity index (χ4v) is 3.07. The summed E-state index contributed by atoms with van der Waals surface area (Å²) in [6, 6.07) is 11.3. The molecule has 5 heteroatoms. The minimum Gasteiger partial charge on any atom is -0.493 e. The third-order valence-electron chi connectivity index (χ3n) is 3.47. The third kappa shape index (κ3) is 6.09. The molecule has 0 saturated carbocycles. The summed E-state index contributed by atoms with van der Waals surface area (Å²) >= 11 is 3.45. The van der Waals surface area contributed by atoms with E-state index in [1.165, 1.54) is 0 Å². The van der Waals surface area contributed by atoms with Gasteiger partial charge in [0.25, 0.3) is 5.91 Å². The highest BCUT2D eigenvalue weighted by Gasteiger charge is 2.09. The zero-order valence-corrected chi connectivity index (χ0v) is 16.6. The lowest BCUT2D eigenvalue weighted by Gasteiger charge is -2.13. The summed E-state index contributed by atoms with van der Waals surface area (Å²) in [5, 5.41) is 2.84. The molecule has 0 aliphatic heterocycles. The number of hydrogen-bond acceptors (Lipinski definition) is 3. The summed E-state index contributed by atoms with van der Waals surface area (Å²) in [5.41, 5.74) is 2.67. The van der Waals surface area contributed by atoms with Crippen LogP contribution in [-0.4, -0.2) is 19.1 Å². The van der Waals surface area contributed by atoms with Gasteiger partial charge in [0, 0.05) is 16.2 Å². The molecule has 0 bridgehead atoms. The Bertz CT molecular complexity index is 720. The van der Waals surface area contributed by atoms with Gasteiger partial charge in [-0.2, -0.15) is 0 Å². The van der Waals surface area contributed by atoms with Crippen LogP contribution in [0.4, 0.5) is 5.69 Å². The van der Waals surface area contributed by atoms with E-state index in [4.69, 9.17) is 9.47 Å². The molecule has 1 N–H and O–H groups in total. The number of carbonyl (C=O) groups is 1.